The molecule has 1 heterocycles. The molecule has 0 aromatic carbocycles. The highest BCUT2D eigenvalue weighted by molar-refractivity contribution is 5.86. The number of aromatic carboxylic acids is 1. The molecule has 0 aliphatic heterocycles. The number of aliphatic hydroxyl groups is 1. The normalized spacial score (nSPS) is 16.9. The first-order valence-electron chi connectivity index (χ1n) is 5.77. The molecule has 6 heteroatoms. The van der Waals surface area contributed by atoms with Crippen molar-refractivity contribution in [3.63, 3.8) is 0 Å². The molecule has 0 bridgehead atoms. The largest absolute Gasteiger partial charge is 0.476 e. The number of carbonyl (C=O) groups is 1. The van der Waals surface area contributed by atoms with Gasteiger partial charge in [-0.3, -0.25) is 0 Å². The highest BCUT2D eigenvalue weighted by atomic mass is 16.4. The molecule has 0 unspecified atom stereocenters. The summed E-state index contributed by atoms with van der Waals surface area (Å²) in [6, 6.07) is 0. The van der Waals surface area contributed by atoms with Crippen molar-refractivity contribution in [3.05, 3.63) is 11.4 Å². The van der Waals surface area contributed by atoms with Crippen molar-refractivity contribution < 1.29 is 15.0 Å². The molecule has 1 aromatic heterocycles. The van der Waals surface area contributed by atoms with Gasteiger partial charge in [0.15, 0.2) is 5.69 Å². The third-order valence-corrected chi connectivity index (χ3v) is 3.00. The van der Waals surface area contributed by atoms with Crippen LogP contribution in [-0.4, -0.2) is 36.8 Å². The van der Waals surface area contributed by atoms with E-state index < -0.39 is 11.6 Å². The van der Waals surface area contributed by atoms with Gasteiger partial charge in [0.25, 0.3) is 0 Å². The van der Waals surface area contributed by atoms with E-state index in [0.717, 1.165) is 19.3 Å². The lowest BCUT2D eigenvalue weighted by Crippen LogP contribution is -2.29. The van der Waals surface area contributed by atoms with Crippen LogP contribution in [-0.2, 0) is 6.54 Å². The third kappa shape index (κ3) is 2.46. The smallest absolute Gasteiger partial charge is 0.358 e. The topological polar surface area (TPSA) is 88.2 Å². The molecule has 1 aliphatic rings. The van der Waals surface area contributed by atoms with Crippen molar-refractivity contribution in [3.8, 4) is 0 Å². The quantitative estimate of drug-likeness (QED) is 0.818. The summed E-state index contributed by atoms with van der Waals surface area (Å²) in [6.45, 7) is 3.60. The van der Waals surface area contributed by atoms with E-state index >= 15 is 0 Å². The molecular formula is C11H17N3O3. The lowest BCUT2D eigenvalue weighted by Gasteiger charge is -2.27. The van der Waals surface area contributed by atoms with Crippen molar-refractivity contribution in [2.24, 2.45) is 0 Å². The first kappa shape index (κ1) is 12.0. The summed E-state index contributed by atoms with van der Waals surface area (Å²) in [5.41, 5.74) is -0.244. The van der Waals surface area contributed by atoms with Crippen LogP contribution in [0.25, 0.3) is 0 Å². The predicted molar refractivity (Wildman–Crippen MR) is 59.9 cm³/mol. The molecule has 94 valence electrons. The number of hydrogen-bond acceptors (Lipinski definition) is 4. The van der Waals surface area contributed by atoms with Gasteiger partial charge >= 0.3 is 5.97 Å². The second kappa shape index (κ2) is 4.10. The van der Waals surface area contributed by atoms with Crippen molar-refractivity contribution in [2.75, 3.05) is 0 Å². The fourth-order valence-corrected chi connectivity index (χ4v) is 2.04. The number of aromatic nitrogens is 3. The van der Waals surface area contributed by atoms with Crippen molar-refractivity contribution in [2.45, 2.75) is 51.2 Å². The fraction of sp³-hybridized carbons (Fsp3) is 0.727. The number of carboxylic acid groups (broad SMARTS) is 1. The molecule has 1 fully saturated rings. The maximum atomic E-state index is 11.1. The zero-order chi connectivity index (χ0) is 12.6. The van der Waals surface area contributed by atoms with Crippen LogP contribution in [0.4, 0.5) is 0 Å². The van der Waals surface area contributed by atoms with E-state index in [2.05, 4.69) is 10.3 Å². The summed E-state index contributed by atoms with van der Waals surface area (Å²) >= 11 is 0. The van der Waals surface area contributed by atoms with Gasteiger partial charge in [-0.25, -0.2) is 9.48 Å². The van der Waals surface area contributed by atoms with Crippen molar-refractivity contribution in [1.82, 2.24) is 15.0 Å². The first-order chi connectivity index (χ1) is 7.88. The molecule has 6 nitrogen and oxygen atoms in total. The minimum atomic E-state index is -1.05. The fourth-order valence-electron chi connectivity index (χ4n) is 2.04. The van der Waals surface area contributed by atoms with E-state index in [4.69, 9.17) is 5.11 Å². The minimum Gasteiger partial charge on any atom is -0.476 e. The summed E-state index contributed by atoms with van der Waals surface area (Å²) in [6.07, 6.45) is 3.05. The lowest BCUT2D eigenvalue weighted by atomic mass is 9.82. The highest BCUT2D eigenvalue weighted by Crippen LogP contribution is 2.37. The molecule has 1 saturated carbocycles. The summed E-state index contributed by atoms with van der Waals surface area (Å²) in [5, 5.41) is 26.4. The van der Waals surface area contributed by atoms with E-state index in [9.17, 15) is 9.90 Å². The van der Waals surface area contributed by atoms with Crippen LogP contribution in [0.3, 0.4) is 0 Å². The van der Waals surface area contributed by atoms with Gasteiger partial charge in [-0.15, -0.1) is 5.10 Å². The molecule has 0 atom stereocenters. The van der Waals surface area contributed by atoms with Gasteiger partial charge in [0.05, 0.1) is 17.8 Å². The van der Waals surface area contributed by atoms with Gasteiger partial charge in [-0.05, 0) is 26.7 Å². The molecule has 17 heavy (non-hydrogen) atoms. The minimum absolute atomic E-state index is 0.0268. The second-order valence-corrected chi connectivity index (χ2v) is 5.23. The summed E-state index contributed by atoms with van der Waals surface area (Å²) < 4.78 is 1.54. The van der Waals surface area contributed by atoms with Gasteiger partial charge in [-0.2, -0.15) is 0 Å². The summed E-state index contributed by atoms with van der Waals surface area (Å²) in [7, 11) is 0. The third-order valence-electron chi connectivity index (χ3n) is 3.00. The monoisotopic (exact) mass is 239 g/mol. The van der Waals surface area contributed by atoms with Crippen LogP contribution in [0.1, 0.15) is 55.2 Å². The number of nitrogens with zero attached hydrogens (tertiary/aromatic N) is 3. The zero-order valence-corrected chi connectivity index (χ0v) is 10.1. The van der Waals surface area contributed by atoms with Crippen molar-refractivity contribution in [1.29, 1.82) is 0 Å². The number of rotatable bonds is 4. The van der Waals surface area contributed by atoms with Crippen LogP contribution in [0.2, 0.25) is 0 Å². The Balaban J connectivity index is 2.34. The summed E-state index contributed by atoms with van der Waals surface area (Å²) in [4.78, 5) is 11.1. The molecule has 0 spiro atoms. The Hall–Kier alpha value is -1.43. The second-order valence-electron chi connectivity index (χ2n) is 5.23. The van der Waals surface area contributed by atoms with Crippen LogP contribution in [0, 0.1) is 0 Å². The molecule has 2 rings (SSSR count). The Kier molecular flexibility index (Phi) is 2.91. The summed E-state index contributed by atoms with van der Waals surface area (Å²) in [5.74, 6) is -0.827. The average molecular weight is 239 g/mol. The Morgan fingerprint density at radius 2 is 2.18 bits per heavy atom. The lowest BCUT2D eigenvalue weighted by molar-refractivity contribution is 0.0549. The van der Waals surface area contributed by atoms with E-state index in [-0.39, 0.29) is 18.2 Å². The van der Waals surface area contributed by atoms with E-state index in [0.29, 0.717) is 5.69 Å². The molecule has 1 aliphatic carbocycles. The maximum Gasteiger partial charge on any atom is 0.358 e. The molecule has 0 saturated heterocycles. The zero-order valence-electron chi connectivity index (χ0n) is 10.1. The predicted octanol–water partition coefficient (Wildman–Crippen LogP) is 1.01. The van der Waals surface area contributed by atoms with Crippen LogP contribution < -0.4 is 0 Å². The Bertz CT molecular complexity index is 430. The van der Waals surface area contributed by atoms with Gasteiger partial charge in [0, 0.05) is 5.92 Å². The van der Waals surface area contributed by atoms with E-state index in [1.165, 1.54) is 4.68 Å². The standard InChI is InChI=1S/C11H17N3O3/c1-11(2,17)6-14-9(7-4-3-5-7)8(10(15)16)12-13-14/h7,17H,3-6H2,1-2H3,(H,15,16). The number of hydrogen-bond donors (Lipinski definition) is 2. The number of carboxylic acids is 1. The molecule has 0 radical (unpaired) electrons. The highest BCUT2D eigenvalue weighted by Gasteiger charge is 2.31. The van der Waals surface area contributed by atoms with E-state index in [1.807, 2.05) is 0 Å². The molecule has 0 amide bonds. The molecule has 1 aromatic rings. The van der Waals surface area contributed by atoms with Crippen LogP contribution in [0.5, 0.6) is 0 Å². The van der Waals surface area contributed by atoms with Gasteiger partial charge in [0.1, 0.15) is 0 Å². The molecular weight excluding hydrogens is 222 g/mol. The Morgan fingerprint density at radius 3 is 2.59 bits per heavy atom. The average Bonchev–Trinajstić information content (AvgIpc) is 2.43. The van der Waals surface area contributed by atoms with E-state index in [1.54, 1.807) is 13.8 Å². The van der Waals surface area contributed by atoms with Gasteiger partial charge in [-0.1, -0.05) is 11.6 Å². The van der Waals surface area contributed by atoms with Gasteiger partial charge < -0.3 is 10.2 Å². The molecule has 2 N–H and O–H groups in total. The Labute approximate surface area is 99.3 Å². The Morgan fingerprint density at radius 1 is 1.53 bits per heavy atom. The van der Waals surface area contributed by atoms with Crippen molar-refractivity contribution >= 4 is 5.97 Å². The maximum absolute atomic E-state index is 11.1. The first-order valence-corrected chi connectivity index (χ1v) is 5.77. The van der Waals surface area contributed by atoms with Crippen LogP contribution >= 0.6 is 0 Å². The van der Waals surface area contributed by atoms with Gasteiger partial charge in [0.2, 0.25) is 0 Å². The van der Waals surface area contributed by atoms with Crippen LogP contribution in [0.15, 0.2) is 0 Å². The SMILES string of the molecule is CC(C)(O)Cn1nnc(C(=O)O)c1C1CCC1.